The summed E-state index contributed by atoms with van der Waals surface area (Å²) in [7, 11) is 0. The smallest absolute Gasteiger partial charge is 0.225 e. The number of thioether (sulfide) groups is 1. The second-order valence-electron chi connectivity index (χ2n) is 10.9. The monoisotopic (exact) mass is 526 g/mol. The van der Waals surface area contributed by atoms with Crippen LogP contribution in [0.1, 0.15) is 67.1 Å². The Balaban J connectivity index is 1.25. The molecule has 2 aliphatic rings. The van der Waals surface area contributed by atoms with Gasteiger partial charge in [-0.1, -0.05) is 45.0 Å². The number of rotatable bonds is 5. The predicted molar refractivity (Wildman–Crippen MR) is 150 cm³/mol. The number of carbonyl (C=O) groups is 1. The first-order chi connectivity index (χ1) is 17.8. The molecule has 2 heterocycles. The van der Waals surface area contributed by atoms with E-state index in [4.69, 9.17) is 4.98 Å². The Bertz CT molecular complexity index is 1450. The Morgan fingerprint density at radius 1 is 1.16 bits per heavy atom. The number of anilines is 1. The molecule has 0 fully saturated rings. The quantitative estimate of drug-likeness (QED) is 0.364. The lowest BCUT2D eigenvalue weighted by molar-refractivity contribution is -0.115. The molecule has 7 heteroatoms. The van der Waals surface area contributed by atoms with Crippen molar-refractivity contribution in [1.29, 1.82) is 10.5 Å². The molecule has 1 atom stereocenters. The second kappa shape index (κ2) is 10.3. The van der Waals surface area contributed by atoms with Crippen LogP contribution in [0.4, 0.5) is 5.00 Å². The van der Waals surface area contributed by atoms with E-state index in [0.717, 1.165) is 53.8 Å². The molecule has 2 aromatic heterocycles. The summed E-state index contributed by atoms with van der Waals surface area (Å²) in [6, 6.07) is 14.9. The van der Waals surface area contributed by atoms with E-state index < -0.39 is 0 Å². The minimum Gasteiger partial charge on any atom is -0.317 e. The van der Waals surface area contributed by atoms with Crippen LogP contribution in [0.15, 0.2) is 35.4 Å². The van der Waals surface area contributed by atoms with Crippen LogP contribution in [0.5, 0.6) is 0 Å². The maximum Gasteiger partial charge on any atom is 0.225 e. The highest BCUT2D eigenvalue weighted by Gasteiger charge is 2.30. The molecule has 37 heavy (non-hydrogen) atoms. The van der Waals surface area contributed by atoms with E-state index in [2.05, 4.69) is 50.4 Å². The average Bonchev–Trinajstić information content (AvgIpc) is 3.24. The first-order valence-electron chi connectivity index (χ1n) is 12.8. The number of pyridine rings is 1. The zero-order valence-electron chi connectivity index (χ0n) is 21.5. The van der Waals surface area contributed by atoms with E-state index in [1.54, 1.807) is 0 Å². The van der Waals surface area contributed by atoms with Crippen molar-refractivity contribution < 1.29 is 4.79 Å². The fraction of sp³-hybridized carbons (Fsp3) is 0.400. The number of aryl methyl sites for hydroxylation is 2. The van der Waals surface area contributed by atoms with Gasteiger partial charge in [0.05, 0.1) is 11.1 Å². The summed E-state index contributed by atoms with van der Waals surface area (Å²) in [5, 5.41) is 23.9. The molecule has 5 rings (SSSR count). The lowest BCUT2D eigenvalue weighted by Gasteiger charge is -2.34. The van der Waals surface area contributed by atoms with Crippen molar-refractivity contribution >= 4 is 34.0 Å². The van der Waals surface area contributed by atoms with E-state index >= 15 is 0 Å². The molecule has 0 aliphatic heterocycles. The Labute approximate surface area is 226 Å². The summed E-state index contributed by atoms with van der Waals surface area (Å²) >= 11 is 2.96. The number of nitrogens with zero attached hydrogens (tertiary/aromatic N) is 3. The fourth-order valence-corrected chi connectivity index (χ4v) is 7.54. The molecule has 0 radical (unpaired) electrons. The highest BCUT2D eigenvalue weighted by Crippen LogP contribution is 2.45. The zero-order chi connectivity index (χ0) is 26.2. The Morgan fingerprint density at radius 3 is 2.73 bits per heavy atom. The van der Waals surface area contributed by atoms with Gasteiger partial charge in [-0.2, -0.15) is 10.5 Å². The molecular weight excluding hydrogens is 496 g/mol. The molecule has 1 amide bonds. The second-order valence-corrected chi connectivity index (χ2v) is 13.0. The fourth-order valence-electron chi connectivity index (χ4n) is 5.35. The number of hydrogen-bond acceptors (Lipinski definition) is 6. The number of nitrogens with one attached hydrogen (secondary N) is 1. The van der Waals surface area contributed by atoms with Crippen molar-refractivity contribution in [1.82, 2.24) is 4.98 Å². The maximum atomic E-state index is 12.8. The van der Waals surface area contributed by atoms with Gasteiger partial charge in [0, 0.05) is 22.7 Å². The lowest BCUT2D eigenvalue weighted by Crippen LogP contribution is -2.27. The van der Waals surface area contributed by atoms with Crippen LogP contribution in [0.3, 0.4) is 0 Å². The summed E-state index contributed by atoms with van der Waals surface area (Å²) in [5.74, 6) is 0.984. The Morgan fingerprint density at radius 2 is 1.97 bits per heavy atom. The van der Waals surface area contributed by atoms with Crippen LogP contribution >= 0.6 is 23.1 Å². The van der Waals surface area contributed by atoms with Gasteiger partial charge in [-0.25, -0.2) is 4.98 Å². The first kappa shape index (κ1) is 25.5. The first-order valence-corrected chi connectivity index (χ1v) is 14.6. The molecular formula is C30H30N4OS2. The molecule has 2 aliphatic carbocycles. The molecule has 1 N–H and O–H groups in total. The van der Waals surface area contributed by atoms with E-state index in [1.807, 2.05) is 18.2 Å². The Hall–Kier alpha value is -3.13. The topological polar surface area (TPSA) is 89.6 Å². The molecule has 1 aromatic carbocycles. The van der Waals surface area contributed by atoms with Crippen molar-refractivity contribution in [2.45, 2.75) is 64.3 Å². The molecule has 3 aromatic rings. The van der Waals surface area contributed by atoms with Gasteiger partial charge in [-0.05, 0) is 71.8 Å². The minimum atomic E-state index is -0.125. The van der Waals surface area contributed by atoms with Gasteiger partial charge in [0.1, 0.15) is 22.2 Å². The number of carbonyl (C=O) groups excluding carboxylic acids is 1. The van der Waals surface area contributed by atoms with Gasteiger partial charge in [0.25, 0.3) is 0 Å². The summed E-state index contributed by atoms with van der Waals surface area (Å²) in [5.41, 5.74) is 7.20. The lowest BCUT2D eigenvalue weighted by atomic mass is 9.71. The number of hydrogen-bond donors (Lipinski definition) is 1. The van der Waals surface area contributed by atoms with E-state index in [-0.39, 0.29) is 17.7 Å². The maximum absolute atomic E-state index is 12.8. The van der Waals surface area contributed by atoms with Crippen molar-refractivity contribution in [2.24, 2.45) is 11.3 Å². The number of benzene rings is 1. The number of nitriles is 2. The number of fused-ring (bicyclic) bond motifs is 4. The van der Waals surface area contributed by atoms with Crippen LogP contribution in [0.25, 0.3) is 10.4 Å². The van der Waals surface area contributed by atoms with Gasteiger partial charge in [0.15, 0.2) is 0 Å². The van der Waals surface area contributed by atoms with Crippen LogP contribution < -0.4 is 5.32 Å². The summed E-state index contributed by atoms with van der Waals surface area (Å²) in [6.07, 6.45) is 5.01. The molecule has 0 saturated carbocycles. The van der Waals surface area contributed by atoms with E-state index in [1.165, 1.54) is 34.2 Å². The van der Waals surface area contributed by atoms with Crippen molar-refractivity contribution in [3.8, 4) is 22.6 Å². The highest BCUT2D eigenvalue weighted by atomic mass is 32.2. The van der Waals surface area contributed by atoms with Gasteiger partial charge in [-0.15, -0.1) is 23.1 Å². The predicted octanol–water partition coefficient (Wildman–Crippen LogP) is 6.92. The van der Waals surface area contributed by atoms with Gasteiger partial charge >= 0.3 is 0 Å². The molecule has 0 bridgehead atoms. The van der Waals surface area contributed by atoms with E-state index in [9.17, 15) is 15.3 Å². The van der Waals surface area contributed by atoms with Gasteiger partial charge in [0.2, 0.25) is 5.91 Å². The molecule has 0 saturated heterocycles. The van der Waals surface area contributed by atoms with Crippen molar-refractivity contribution in [3.63, 3.8) is 0 Å². The number of amides is 1. The van der Waals surface area contributed by atoms with Crippen molar-refractivity contribution in [2.75, 3.05) is 11.1 Å². The summed E-state index contributed by atoms with van der Waals surface area (Å²) in [4.78, 5) is 18.8. The van der Waals surface area contributed by atoms with E-state index in [0.29, 0.717) is 32.8 Å². The Kier molecular flexibility index (Phi) is 7.12. The van der Waals surface area contributed by atoms with Crippen LogP contribution in [0.2, 0.25) is 0 Å². The van der Waals surface area contributed by atoms with Crippen molar-refractivity contribution in [3.05, 3.63) is 63.8 Å². The molecule has 1 unspecified atom stereocenters. The van der Waals surface area contributed by atoms with Crippen LogP contribution in [-0.4, -0.2) is 16.6 Å². The molecule has 188 valence electrons. The third-order valence-corrected chi connectivity index (χ3v) is 9.72. The van der Waals surface area contributed by atoms with Gasteiger partial charge < -0.3 is 5.32 Å². The summed E-state index contributed by atoms with van der Waals surface area (Å²) in [6.45, 7) is 6.83. The third-order valence-electron chi connectivity index (χ3n) is 7.54. The molecule has 0 spiro atoms. The van der Waals surface area contributed by atoms with Crippen LogP contribution in [0, 0.1) is 34.0 Å². The normalized spacial score (nSPS) is 16.1. The number of aromatic nitrogens is 1. The molecule has 5 nitrogen and oxygen atoms in total. The SMILES string of the molecule is CC(C)(C)C1CCc2nc(SCCC(=O)Nc3sc4c(c3C#N)CCc3ccccc3-4)c(C#N)cc2C1. The largest absolute Gasteiger partial charge is 0.317 e. The standard InChI is InChI=1S/C30H30N4OS2/c1-30(2,3)21-9-11-25-19(15-21)14-20(16-31)28(33-25)36-13-12-26(35)34-29-24(17-32)23-10-8-18-6-4-5-7-22(18)27(23)37-29/h4-7,14,21H,8-13,15H2,1-3H3,(H,34,35). The average molecular weight is 527 g/mol. The number of thiophene rings is 1. The zero-order valence-corrected chi connectivity index (χ0v) is 23.1. The third kappa shape index (κ3) is 5.17. The van der Waals surface area contributed by atoms with Crippen LogP contribution in [-0.2, 0) is 30.5 Å². The minimum absolute atomic E-state index is 0.125. The highest BCUT2D eigenvalue weighted by molar-refractivity contribution is 7.99. The van der Waals surface area contributed by atoms with Gasteiger partial charge in [-0.3, -0.25) is 4.79 Å². The summed E-state index contributed by atoms with van der Waals surface area (Å²) < 4.78 is 0.